The maximum absolute atomic E-state index is 14.3. The number of hydrogen-bond donors (Lipinski definition) is 1. The average Bonchev–Trinajstić information content (AvgIpc) is 3.05. The fourth-order valence-corrected chi connectivity index (χ4v) is 2.78. The summed E-state index contributed by atoms with van der Waals surface area (Å²) in [5.74, 6) is -0.873. The van der Waals surface area contributed by atoms with E-state index in [9.17, 15) is 8.78 Å². The van der Waals surface area contributed by atoms with Crippen molar-refractivity contribution in [3.05, 3.63) is 75.6 Å². The zero-order valence-corrected chi connectivity index (χ0v) is 15.4. The molecule has 0 amide bonds. The highest BCUT2D eigenvalue weighted by molar-refractivity contribution is 6.32. The van der Waals surface area contributed by atoms with Crippen LogP contribution in [0, 0.1) is 23.0 Å². The number of aromatic nitrogens is 1. The molecule has 7 heteroatoms. The Morgan fingerprint density at radius 2 is 1.93 bits per heavy atom. The van der Waals surface area contributed by atoms with Gasteiger partial charge in [0.25, 0.3) is 6.01 Å². The number of anilines is 2. The lowest BCUT2D eigenvalue weighted by atomic mass is 9.99. The summed E-state index contributed by atoms with van der Waals surface area (Å²) in [4.78, 5) is 4.05. The van der Waals surface area contributed by atoms with Gasteiger partial charge in [-0.3, -0.25) is 0 Å². The maximum atomic E-state index is 14.3. The first kappa shape index (κ1) is 18.9. The van der Waals surface area contributed by atoms with Crippen LogP contribution in [-0.2, 0) is 6.42 Å². The summed E-state index contributed by atoms with van der Waals surface area (Å²) in [7, 11) is 0. The molecule has 4 nitrogen and oxygen atoms in total. The van der Waals surface area contributed by atoms with Crippen molar-refractivity contribution in [1.29, 1.82) is 5.26 Å². The van der Waals surface area contributed by atoms with Crippen molar-refractivity contribution >= 4 is 23.3 Å². The largest absolute Gasteiger partial charge is 0.428 e. The second-order valence-electron chi connectivity index (χ2n) is 6.36. The Morgan fingerprint density at radius 3 is 2.52 bits per heavy atom. The summed E-state index contributed by atoms with van der Waals surface area (Å²) in [6, 6.07) is 9.60. The molecule has 0 aliphatic carbocycles. The second-order valence-corrected chi connectivity index (χ2v) is 6.76. The van der Waals surface area contributed by atoms with E-state index in [0.29, 0.717) is 27.6 Å². The molecule has 3 rings (SSSR count). The number of nitriles is 1. The smallest absolute Gasteiger partial charge is 0.299 e. The van der Waals surface area contributed by atoms with E-state index < -0.39 is 11.6 Å². The van der Waals surface area contributed by atoms with Crippen LogP contribution in [0.1, 0.15) is 42.2 Å². The lowest BCUT2D eigenvalue weighted by Crippen LogP contribution is -2.00. The summed E-state index contributed by atoms with van der Waals surface area (Å²) >= 11 is 5.98. The van der Waals surface area contributed by atoms with Crippen molar-refractivity contribution in [3.8, 4) is 6.07 Å². The van der Waals surface area contributed by atoms with E-state index >= 15 is 0 Å². The third kappa shape index (κ3) is 4.26. The fourth-order valence-electron chi connectivity index (χ4n) is 2.55. The highest BCUT2D eigenvalue weighted by Gasteiger charge is 2.16. The molecular formula is C20H16ClF2N3O. The van der Waals surface area contributed by atoms with Gasteiger partial charge in [0.1, 0.15) is 23.5 Å². The van der Waals surface area contributed by atoms with Crippen LogP contribution in [0.5, 0.6) is 0 Å². The highest BCUT2D eigenvalue weighted by atomic mass is 35.5. The molecule has 0 aliphatic heterocycles. The van der Waals surface area contributed by atoms with Gasteiger partial charge in [0.2, 0.25) is 0 Å². The van der Waals surface area contributed by atoms with Gasteiger partial charge in [-0.1, -0.05) is 25.4 Å². The van der Waals surface area contributed by atoms with E-state index in [0.717, 1.165) is 0 Å². The number of rotatable bonds is 5. The number of benzene rings is 2. The topological polar surface area (TPSA) is 61.9 Å². The molecule has 0 atom stereocenters. The van der Waals surface area contributed by atoms with Crippen LogP contribution in [0.2, 0.25) is 5.02 Å². The van der Waals surface area contributed by atoms with E-state index in [1.165, 1.54) is 18.3 Å². The normalized spacial score (nSPS) is 10.9. The van der Waals surface area contributed by atoms with Gasteiger partial charge in [0, 0.05) is 17.7 Å². The first-order valence-corrected chi connectivity index (χ1v) is 8.64. The minimum atomic E-state index is -0.608. The Kier molecular flexibility index (Phi) is 5.43. The van der Waals surface area contributed by atoms with E-state index in [2.05, 4.69) is 10.3 Å². The Bertz CT molecular complexity index is 1000. The quantitative estimate of drug-likeness (QED) is 0.588. The third-order valence-corrected chi connectivity index (χ3v) is 4.39. The van der Waals surface area contributed by atoms with E-state index in [1.807, 2.05) is 19.9 Å². The standard InChI is InChI=1S/C20H16ClF2N3O/c1-11(2)13-5-18(22)16(19(23)6-13)8-15-10-25-20(27-15)26-14-4-3-12(9-24)17(21)7-14/h3-7,10-11H,8H2,1-2H3,(H,25,26). The number of halogens is 3. The molecule has 1 aromatic heterocycles. The Morgan fingerprint density at radius 1 is 1.22 bits per heavy atom. The zero-order valence-electron chi connectivity index (χ0n) is 14.7. The van der Waals surface area contributed by atoms with E-state index in [1.54, 1.807) is 18.2 Å². The van der Waals surface area contributed by atoms with Crippen molar-refractivity contribution in [2.45, 2.75) is 26.2 Å². The van der Waals surface area contributed by atoms with Gasteiger partial charge in [0.15, 0.2) is 0 Å². The lowest BCUT2D eigenvalue weighted by molar-refractivity contribution is 0.509. The molecule has 3 aromatic rings. The molecule has 1 heterocycles. The van der Waals surface area contributed by atoms with Crippen LogP contribution in [0.4, 0.5) is 20.5 Å². The molecule has 0 unspecified atom stereocenters. The van der Waals surface area contributed by atoms with Gasteiger partial charge < -0.3 is 9.73 Å². The molecule has 0 saturated heterocycles. The van der Waals surface area contributed by atoms with Gasteiger partial charge in [-0.2, -0.15) is 5.26 Å². The predicted molar refractivity (Wildman–Crippen MR) is 99.2 cm³/mol. The van der Waals surface area contributed by atoms with Crippen molar-refractivity contribution < 1.29 is 13.2 Å². The van der Waals surface area contributed by atoms with E-state index in [-0.39, 0.29) is 23.9 Å². The van der Waals surface area contributed by atoms with Gasteiger partial charge in [0.05, 0.1) is 16.8 Å². The molecule has 138 valence electrons. The molecular weight excluding hydrogens is 372 g/mol. The molecule has 1 N–H and O–H groups in total. The third-order valence-electron chi connectivity index (χ3n) is 4.08. The van der Waals surface area contributed by atoms with Crippen LogP contribution in [0.15, 0.2) is 40.9 Å². The minimum absolute atomic E-state index is 0.0309. The second kappa shape index (κ2) is 7.77. The van der Waals surface area contributed by atoms with Crippen molar-refractivity contribution in [1.82, 2.24) is 4.98 Å². The van der Waals surface area contributed by atoms with Gasteiger partial charge in [-0.15, -0.1) is 0 Å². The van der Waals surface area contributed by atoms with Crippen molar-refractivity contribution in [2.75, 3.05) is 5.32 Å². The summed E-state index contributed by atoms with van der Waals surface area (Å²) in [5, 5.41) is 12.1. The Hall–Kier alpha value is -2.91. The van der Waals surface area contributed by atoms with Crippen LogP contribution >= 0.6 is 11.6 Å². The Labute approximate surface area is 160 Å². The monoisotopic (exact) mass is 387 g/mol. The zero-order chi connectivity index (χ0) is 19.6. The highest BCUT2D eigenvalue weighted by Crippen LogP contribution is 2.26. The summed E-state index contributed by atoms with van der Waals surface area (Å²) in [6.45, 7) is 3.75. The summed E-state index contributed by atoms with van der Waals surface area (Å²) in [6.07, 6.45) is 1.35. The van der Waals surface area contributed by atoms with Gasteiger partial charge in [-0.05, 0) is 41.8 Å². The van der Waals surface area contributed by atoms with E-state index in [4.69, 9.17) is 21.3 Å². The SMILES string of the molecule is CC(C)c1cc(F)c(Cc2cnc(Nc3ccc(C#N)c(Cl)c3)o2)c(F)c1. The molecule has 27 heavy (non-hydrogen) atoms. The minimum Gasteiger partial charge on any atom is -0.428 e. The van der Waals surface area contributed by atoms with Gasteiger partial charge in [-0.25, -0.2) is 13.8 Å². The molecule has 0 aliphatic rings. The Balaban J connectivity index is 1.77. The van der Waals surface area contributed by atoms with Crippen LogP contribution in [0.3, 0.4) is 0 Å². The van der Waals surface area contributed by atoms with Gasteiger partial charge >= 0.3 is 0 Å². The number of nitrogens with one attached hydrogen (secondary N) is 1. The average molecular weight is 388 g/mol. The molecule has 0 fully saturated rings. The first-order valence-electron chi connectivity index (χ1n) is 8.26. The fraction of sp³-hybridized carbons (Fsp3) is 0.200. The number of oxazole rings is 1. The van der Waals surface area contributed by atoms with Crippen LogP contribution in [0.25, 0.3) is 0 Å². The van der Waals surface area contributed by atoms with Crippen LogP contribution < -0.4 is 5.32 Å². The predicted octanol–water partition coefficient (Wildman–Crippen LogP) is 5.94. The van der Waals surface area contributed by atoms with Crippen molar-refractivity contribution in [3.63, 3.8) is 0 Å². The van der Waals surface area contributed by atoms with Crippen molar-refractivity contribution in [2.24, 2.45) is 0 Å². The molecule has 2 aromatic carbocycles. The first-order chi connectivity index (χ1) is 12.9. The summed E-state index contributed by atoms with van der Waals surface area (Å²) in [5.41, 5.74) is 1.46. The van der Waals surface area contributed by atoms with Crippen LogP contribution in [-0.4, -0.2) is 4.98 Å². The lowest BCUT2D eigenvalue weighted by Gasteiger charge is -2.09. The summed E-state index contributed by atoms with van der Waals surface area (Å²) < 4.78 is 34.0. The molecule has 0 radical (unpaired) electrons. The molecule has 0 spiro atoms. The molecule has 0 saturated carbocycles. The molecule has 0 bridgehead atoms. The number of nitrogens with zero attached hydrogens (tertiary/aromatic N) is 2. The number of hydrogen-bond acceptors (Lipinski definition) is 4. The maximum Gasteiger partial charge on any atom is 0.299 e.